The number of aliphatic imine (C=N–C) groups is 1. The van der Waals surface area contributed by atoms with Crippen LogP contribution in [0.2, 0.25) is 0 Å². The van der Waals surface area contributed by atoms with Crippen molar-refractivity contribution in [3.05, 3.63) is 35.4 Å². The molecule has 8 heteroatoms. The molecule has 3 N–H and O–H groups in total. The van der Waals surface area contributed by atoms with Crippen molar-refractivity contribution < 1.29 is 34.3 Å². The van der Waals surface area contributed by atoms with E-state index in [-0.39, 0.29) is 29.1 Å². The minimum atomic E-state index is -1.05. The molecule has 1 aromatic rings. The molecule has 0 amide bonds. The first-order chi connectivity index (χ1) is 19.6. The minimum absolute atomic E-state index is 0.0256. The lowest BCUT2D eigenvalue weighted by Crippen LogP contribution is -2.68. The Morgan fingerprint density at radius 2 is 1.80 bits per heavy atom. The average Bonchev–Trinajstić information content (AvgIpc) is 3.50. The number of cyclic esters (lactones) is 1. The lowest BCUT2D eigenvalue weighted by atomic mass is 9.41. The molecule has 224 valence electrons. The van der Waals surface area contributed by atoms with E-state index in [2.05, 4.69) is 6.92 Å². The van der Waals surface area contributed by atoms with Crippen LogP contribution in [0.4, 0.5) is 0 Å². The van der Waals surface area contributed by atoms with Crippen LogP contribution in [0.15, 0.2) is 34.8 Å². The van der Waals surface area contributed by atoms with Gasteiger partial charge in [0.05, 0.1) is 31.5 Å². The van der Waals surface area contributed by atoms with E-state index in [0.29, 0.717) is 56.8 Å². The molecule has 0 saturated heterocycles. The highest BCUT2D eigenvalue weighted by molar-refractivity contribution is 5.85. The summed E-state index contributed by atoms with van der Waals surface area (Å²) in [6.45, 7) is 3.11. The zero-order valence-electron chi connectivity index (χ0n) is 24.6. The summed E-state index contributed by atoms with van der Waals surface area (Å²) < 4.78 is 16.1. The maximum Gasteiger partial charge on any atom is 0.331 e. The highest BCUT2D eigenvalue weighted by Gasteiger charge is 2.71. The van der Waals surface area contributed by atoms with Gasteiger partial charge in [0.2, 0.25) is 0 Å². The van der Waals surface area contributed by atoms with Crippen molar-refractivity contribution in [3.63, 3.8) is 0 Å². The van der Waals surface area contributed by atoms with Gasteiger partial charge in [0.15, 0.2) is 11.5 Å². The Bertz CT molecular complexity index is 1250. The summed E-state index contributed by atoms with van der Waals surface area (Å²) in [5.74, 6) is 1.33. The van der Waals surface area contributed by atoms with Crippen molar-refractivity contribution in [2.45, 2.75) is 88.4 Å². The predicted octanol–water partition coefficient (Wildman–Crippen LogP) is 4.03. The average molecular weight is 568 g/mol. The molecule has 1 aromatic carbocycles. The number of fused-ring (bicyclic) bond motifs is 5. The van der Waals surface area contributed by atoms with Crippen molar-refractivity contribution in [3.8, 4) is 11.5 Å². The topological polar surface area (TPSA) is 118 Å². The summed E-state index contributed by atoms with van der Waals surface area (Å²) in [4.78, 5) is 16.8. The van der Waals surface area contributed by atoms with Crippen molar-refractivity contribution in [2.24, 2.45) is 33.6 Å². The molecule has 4 aliphatic carbocycles. The minimum Gasteiger partial charge on any atom is -0.493 e. The van der Waals surface area contributed by atoms with E-state index in [9.17, 15) is 20.1 Å². The first kappa shape index (κ1) is 28.7. The number of nitrogens with zero attached hydrogens (tertiary/aromatic N) is 1. The number of carbonyl (C=O) groups is 1. The van der Waals surface area contributed by atoms with Crippen molar-refractivity contribution in [1.82, 2.24) is 0 Å². The Kier molecular flexibility index (Phi) is 7.27. The summed E-state index contributed by atoms with van der Waals surface area (Å²) in [6.07, 6.45) is 10.00. The maximum atomic E-state index is 12.6. The van der Waals surface area contributed by atoms with Gasteiger partial charge in [0, 0.05) is 36.1 Å². The van der Waals surface area contributed by atoms with Crippen molar-refractivity contribution in [1.29, 1.82) is 0 Å². The number of aliphatic hydroxyl groups excluding tert-OH is 1. The Balaban J connectivity index is 1.27. The molecule has 8 nitrogen and oxygen atoms in total. The number of hydrogen-bond donors (Lipinski definition) is 3. The van der Waals surface area contributed by atoms with Gasteiger partial charge in [0.25, 0.3) is 0 Å². The van der Waals surface area contributed by atoms with Gasteiger partial charge in [-0.2, -0.15) is 0 Å². The number of carbonyl (C=O) groups excluding carboxylic acids is 1. The second-order valence-electron chi connectivity index (χ2n) is 13.5. The molecule has 4 saturated carbocycles. The van der Waals surface area contributed by atoms with Crippen LogP contribution in [0.5, 0.6) is 11.5 Å². The molecule has 7 unspecified atom stereocenters. The van der Waals surface area contributed by atoms with Crippen LogP contribution in [0.1, 0.15) is 70.3 Å². The zero-order valence-corrected chi connectivity index (χ0v) is 24.6. The van der Waals surface area contributed by atoms with Gasteiger partial charge >= 0.3 is 5.97 Å². The number of hydrogen-bond acceptors (Lipinski definition) is 8. The van der Waals surface area contributed by atoms with Gasteiger partial charge in [-0.3, -0.25) is 4.99 Å². The van der Waals surface area contributed by atoms with Gasteiger partial charge < -0.3 is 29.5 Å². The Morgan fingerprint density at radius 3 is 2.54 bits per heavy atom. The SMILES string of the molecule is COc1ccc(CCN=CC23CCC(O)CC2(O)CCC2[C@@H]3CCC3(C)C(C4=CC(=O)OC4)CCC23O)cc1OC. The fourth-order valence-electron chi connectivity index (χ4n) is 9.82. The number of rotatable bonds is 7. The molecule has 8 atom stereocenters. The largest absolute Gasteiger partial charge is 0.493 e. The smallest absolute Gasteiger partial charge is 0.331 e. The first-order valence-corrected chi connectivity index (χ1v) is 15.3. The molecule has 0 aromatic heterocycles. The molecular formula is C33H45NO7. The number of methoxy groups -OCH3 is 2. The quantitative estimate of drug-likeness (QED) is 0.336. The van der Waals surface area contributed by atoms with Crippen LogP contribution >= 0.6 is 0 Å². The summed E-state index contributed by atoms with van der Waals surface area (Å²) in [7, 11) is 3.25. The molecule has 4 fully saturated rings. The van der Waals surface area contributed by atoms with Crippen LogP contribution in [0.3, 0.4) is 0 Å². The molecule has 1 heterocycles. The molecule has 5 aliphatic rings. The lowest BCUT2D eigenvalue weighted by molar-refractivity contribution is -0.237. The lowest BCUT2D eigenvalue weighted by Gasteiger charge is -2.65. The van der Waals surface area contributed by atoms with E-state index in [4.69, 9.17) is 19.2 Å². The molecule has 6 rings (SSSR count). The van der Waals surface area contributed by atoms with Gasteiger partial charge in [-0.15, -0.1) is 0 Å². The van der Waals surface area contributed by atoms with E-state index < -0.39 is 22.7 Å². The van der Waals surface area contributed by atoms with Crippen LogP contribution in [-0.4, -0.2) is 72.2 Å². The molecule has 0 bridgehead atoms. The molecule has 1 aliphatic heterocycles. The number of aliphatic hydroxyl groups is 3. The van der Waals surface area contributed by atoms with E-state index in [1.165, 1.54) is 0 Å². The molecule has 0 radical (unpaired) electrons. The Morgan fingerprint density at radius 1 is 1.02 bits per heavy atom. The molecular weight excluding hydrogens is 522 g/mol. The van der Waals surface area contributed by atoms with Crippen molar-refractivity contribution in [2.75, 3.05) is 27.4 Å². The Hall–Kier alpha value is -2.42. The van der Waals surface area contributed by atoms with E-state index in [1.54, 1.807) is 20.3 Å². The third-order valence-electron chi connectivity index (χ3n) is 11.9. The first-order valence-electron chi connectivity index (χ1n) is 15.3. The second-order valence-corrected chi connectivity index (χ2v) is 13.5. The number of ether oxygens (including phenoxy) is 3. The summed E-state index contributed by atoms with van der Waals surface area (Å²) in [5, 5.41) is 35.4. The third-order valence-corrected chi connectivity index (χ3v) is 11.9. The fraction of sp³-hybridized carbons (Fsp3) is 0.697. The van der Waals surface area contributed by atoms with Gasteiger partial charge in [0.1, 0.15) is 6.61 Å². The second kappa shape index (κ2) is 10.4. The van der Waals surface area contributed by atoms with Gasteiger partial charge in [-0.25, -0.2) is 4.79 Å². The zero-order chi connectivity index (χ0) is 29.0. The van der Waals surface area contributed by atoms with Gasteiger partial charge in [-0.05, 0) is 98.8 Å². The maximum absolute atomic E-state index is 12.6. The Labute approximate surface area is 242 Å². The summed E-state index contributed by atoms with van der Waals surface area (Å²) in [6, 6.07) is 5.90. The highest BCUT2D eigenvalue weighted by Crippen LogP contribution is 2.70. The normalized spacial score (nSPS) is 41.8. The van der Waals surface area contributed by atoms with E-state index in [0.717, 1.165) is 43.2 Å². The fourth-order valence-corrected chi connectivity index (χ4v) is 9.82. The van der Waals surface area contributed by atoms with E-state index >= 15 is 0 Å². The summed E-state index contributed by atoms with van der Waals surface area (Å²) in [5.41, 5.74) is -0.750. The van der Waals surface area contributed by atoms with Crippen molar-refractivity contribution >= 4 is 12.2 Å². The standard InChI is InChI=1S/C33H45NO7/c1-30-11-7-25-26(33(30,38)14-9-24(30)22-17-29(36)41-19-22)8-13-32(37)18-23(35)6-12-31(25,32)20-34-15-10-21-4-5-27(39-2)28(16-21)40-3/h4-5,16-17,20,23-26,35,37-38H,6-15,18-19H2,1-3H3/t23?,24?,25-,26?,30?,31?,32?,33?/m0/s1. The van der Waals surface area contributed by atoms with E-state index in [1.807, 2.05) is 24.4 Å². The van der Waals surface area contributed by atoms with Gasteiger partial charge in [-0.1, -0.05) is 13.0 Å². The third kappa shape index (κ3) is 4.35. The van der Waals surface area contributed by atoms with Crippen LogP contribution in [-0.2, 0) is 16.0 Å². The molecule has 41 heavy (non-hydrogen) atoms. The van der Waals surface area contributed by atoms with Crippen LogP contribution < -0.4 is 9.47 Å². The monoisotopic (exact) mass is 567 g/mol. The molecule has 0 spiro atoms. The van der Waals surface area contributed by atoms with Crippen LogP contribution in [0.25, 0.3) is 0 Å². The van der Waals surface area contributed by atoms with Crippen LogP contribution in [0, 0.1) is 28.6 Å². The summed E-state index contributed by atoms with van der Waals surface area (Å²) >= 11 is 0. The number of esters is 1. The highest BCUT2D eigenvalue weighted by atomic mass is 16.5. The predicted molar refractivity (Wildman–Crippen MR) is 154 cm³/mol. The number of benzene rings is 1.